The van der Waals surface area contributed by atoms with Crippen LogP contribution in [0.25, 0.3) is 33.5 Å². The van der Waals surface area contributed by atoms with Crippen molar-refractivity contribution in [3.8, 4) is 11.5 Å². The molecule has 110 valence electrons. The first-order chi connectivity index (χ1) is 10.5. The first-order valence-electron chi connectivity index (χ1n) is 6.92. The Hall–Kier alpha value is -1.90. The Morgan fingerprint density at radius 1 is 0.682 bits per heavy atom. The Kier molecular flexibility index (Phi) is 3.00. The van der Waals surface area contributed by atoms with Crippen molar-refractivity contribution in [2.75, 3.05) is 0 Å². The summed E-state index contributed by atoms with van der Waals surface area (Å²) in [6.07, 6.45) is 0. The number of halogens is 2. The molecule has 0 unspecified atom stereocenters. The molecule has 2 heterocycles. The van der Waals surface area contributed by atoms with Gasteiger partial charge in [-0.3, -0.25) is 0 Å². The summed E-state index contributed by atoms with van der Waals surface area (Å²) in [4.78, 5) is 0. The summed E-state index contributed by atoms with van der Waals surface area (Å²) in [6, 6.07) is 11.2. The van der Waals surface area contributed by atoms with Gasteiger partial charge in [-0.2, -0.15) is 0 Å². The molecule has 4 rings (SSSR count). The van der Waals surface area contributed by atoms with Gasteiger partial charge in [0.25, 0.3) is 0 Å². The average Bonchev–Trinajstić information content (AvgIpc) is 2.98. The average molecular weight is 331 g/mol. The van der Waals surface area contributed by atoms with E-state index in [2.05, 4.69) is 0 Å². The fraction of sp³-hybridized carbons (Fsp3) is 0.111. The minimum absolute atomic E-state index is 0.691. The zero-order valence-electron chi connectivity index (χ0n) is 12.0. The second kappa shape index (κ2) is 4.80. The van der Waals surface area contributed by atoms with Crippen LogP contribution in [0.2, 0.25) is 10.0 Å². The molecule has 0 atom stereocenters. The van der Waals surface area contributed by atoms with E-state index in [0.29, 0.717) is 10.0 Å². The first-order valence-corrected chi connectivity index (χ1v) is 7.68. The van der Waals surface area contributed by atoms with Gasteiger partial charge in [0.1, 0.15) is 11.2 Å². The van der Waals surface area contributed by atoms with Gasteiger partial charge in [-0.05, 0) is 50.2 Å². The van der Waals surface area contributed by atoms with Crippen LogP contribution in [0.15, 0.2) is 45.2 Å². The number of rotatable bonds is 1. The van der Waals surface area contributed by atoms with Crippen LogP contribution in [0.3, 0.4) is 0 Å². The third kappa shape index (κ3) is 1.95. The Morgan fingerprint density at radius 3 is 1.50 bits per heavy atom. The van der Waals surface area contributed by atoms with Crippen LogP contribution in [0, 0.1) is 13.8 Å². The highest BCUT2D eigenvalue weighted by molar-refractivity contribution is 6.31. The van der Waals surface area contributed by atoms with E-state index in [1.165, 1.54) is 0 Å². The van der Waals surface area contributed by atoms with Crippen LogP contribution in [0.4, 0.5) is 0 Å². The van der Waals surface area contributed by atoms with E-state index in [9.17, 15) is 0 Å². The maximum absolute atomic E-state index is 6.08. The highest BCUT2D eigenvalue weighted by Crippen LogP contribution is 2.40. The molecule has 0 bridgehead atoms. The number of hydrogen-bond donors (Lipinski definition) is 0. The second-order valence-electron chi connectivity index (χ2n) is 5.39. The van der Waals surface area contributed by atoms with Crippen LogP contribution in [0.5, 0.6) is 0 Å². The Bertz CT molecular complexity index is 941. The molecule has 2 aromatic heterocycles. The molecular formula is C18H12Cl2O2. The molecule has 4 aromatic rings. The maximum atomic E-state index is 6.08. The third-order valence-electron chi connectivity index (χ3n) is 4.00. The molecule has 4 heteroatoms. The van der Waals surface area contributed by atoms with Gasteiger partial charge in [0.15, 0.2) is 11.5 Å². The van der Waals surface area contributed by atoms with Crippen molar-refractivity contribution < 1.29 is 8.83 Å². The predicted octanol–water partition coefficient (Wildman–Crippen LogP) is 6.77. The third-order valence-corrected chi connectivity index (χ3v) is 4.47. The van der Waals surface area contributed by atoms with Gasteiger partial charge in [-0.25, -0.2) is 0 Å². The summed E-state index contributed by atoms with van der Waals surface area (Å²) < 4.78 is 12.0. The van der Waals surface area contributed by atoms with E-state index in [1.54, 1.807) is 0 Å². The van der Waals surface area contributed by atoms with Crippen LogP contribution in [-0.2, 0) is 0 Å². The van der Waals surface area contributed by atoms with Gasteiger partial charge in [0, 0.05) is 31.9 Å². The molecule has 0 amide bonds. The molecule has 0 N–H and O–H groups in total. The highest BCUT2D eigenvalue weighted by Gasteiger charge is 2.20. The lowest BCUT2D eigenvalue weighted by Gasteiger charge is -1.95. The predicted molar refractivity (Wildman–Crippen MR) is 90.9 cm³/mol. The van der Waals surface area contributed by atoms with Gasteiger partial charge in [0.2, 0.25) is 0 Å². The minimum Gasteiger partial charge on any atom is -0.452 e. The van der Waals surface area contributed by atoms with Crippen molar-refractivity contribution in [2.24, 2.45) is 0 Å². The van der Waals surface area contributed by atoms with Crippen molar-refractivity contribution in [2.45, 2.75) is 13.8 Å². The fourth-order valence-corrected chi connectivity index (χ4v) is 3.16. The number of aryl methyl sites for hydroxylation is 2. The fourth-order valence-electron chi connectivity index (χ4n) is 2.82. The molecule has 0 saturated heterocycles. The molecule has 22 heavy (non-hydrogen) atoms. The summed E-state index contributed by atoms with van der Waals surface area (Å²) >= 11 is 12.2. The van der Waals surface area contributed by atoms with Crippen molar-refractivity contribution in [3.63, 3.8) is 0 Å². The summed E-state index contributed by atoms with van der Waals surface area (Å²) in [5.41, 5.74) is 3.64. The van der Waals surface area contributed by atoms with Crippen molar-refractivity contribution >= 4 is 45.1 Å². The summed E-state index contributed by atoms with van der Waals surface area (Å²) in [6.45, 7) is 4.02. The van der Waals surface area contributed by atoms with Crippen LogP contribution >= 0.6 is 23.2 Å². The topological polar surface area (TPSA) is 26.3 Å². The van der Waals surface area contributed by atoms with Crippen molar-refractivity contribution in [1.82, 2.24) is 0 Å². The highest BCUT2D eigenvalue weighted by atomic mass is 35.5. The second-order valence-corrected chi connectivity index (χ2v) is 6.27. The van der Waals surface area contributed by atoms with E-state index < -0.39 is 0 Å². The summed E-state index contributed by atoms with van der Waals surface area (Å²) in [5.74, 6) is 1.48. The standard InChI is InChI=1S/C18H12Cl2O2/c1-9-13-7-11(19)3-5-15(13)21-17(9)18-10(2)14-8-12(20)4-6-16(14)22-18/h3-8H,1-2H3. The van der Waals surface area contributed by atoms with Gasteiger partial charge in [0.05, 0.1) is 0 Å². The van der Waals surface area contributed by atoms with Crippen molar-refractivity contribution in [1.29, 1.82) is 0 Å². The molecular weight excluding hydrogens is 319 g/mol. The Morgan fingerprint density at radius 2 is 1.09 bits per heavy atom. The lowest BCUT2D eigenvalue weighted by Crippen LogP contribution is -1.77. The van der Waals surface area contributed by atoms with E-state index in [-0.39, 0.29) is 0 Å². The van der Waals surface area contributed by atoms with E-state index in [4.69, 9.17) is 32.0 Å². The minimum atomic E-state index is 0.691. The molecule has 0 saturated carbocycles. The summed E-state index contributed by atoms with van der Waals surface area (Å²) in [7, 11) is 0. The Labute approximate surface area is 137 Å². The molecule has 0 aliphatic heterocycles. The molecule has 0 fully saturated rings. The number of furan rings is 2. The Balaban J connectivity index is 2.03. The SMILES string of the molecule is Cc1c(-c2oc3ccc(Cl)cc3c2C)oc2ccc(Cl)cc12. The smallest absolute Gasteiger partial charge is 0.173 e. The van der Waals surface area contributed by atoms with Gasteiger partial charge >= 0.3 is 0 Å². The van der Waals surface area contributed by atoms with Gasteiger partial charge in [-0.1, -0.05) is 23.2 Å². The van der Waals surface area contributed by atoms with Gasteiger partial charge < -0.3 is 8.83 Å². The largest absolute Gasteiger partial charge is 0.452 e. The van der Waals surface area contributed by atoms with Crippen LogP contribution < -0.4 is 0 Å². The monoisotopic (exact) mass is 330 g/mol. The van der Waals surface area contributed by atoms with Crippen molar-refractivity contribution in [3.05, 3.63) is 57.6 Å². The molecule has 0 spiro atoms. The lowest BCUT2D eigenvalue weighted by atomic mass is 10.1. The number of hydrogen-bond acceptors (Lipinski definition) is 2. The molecule has 0 aliphatic carbocycles. The zero-order chi connectivity index (χ0) is 15.4. The first kappa shape index (κ1) is 13.7. The quantitative estimate of drug-likeness (QED) is 0.385. The zero-order valence-corrected chi connectivity index (χ0v) is 13.5. The maximum Gasteiger partial charge on any atom is 0.173 e. The molecule has 0 radical (unpaired) electrons. The van der Waals surface area contributed by atoms with E-state index in [1.807, 2.05) is 50.2 Å². The summed E-state index contributed by atoms with van der Waals surface area (Å²) in [5, 5.41) is 3.38. The lowest BCUT2D eigenvalue weighted by molar-refractivity contribution is 0.565. The van der Waals surface area contributed by atoms with E-state index >= 15 is 0 Å². The van der Waals surface area contributed by atoms with Crippen LogP contribution in [0.1, 0.15) is 11.1 Å². The van der Waals surface area contributed by atoms with Crippen LogP contribution in [-0.4, -0.2) is 0 Å². The van der Waals surface area contributed by atoms with E-state index in [0.717, 1.165) is 44.6 Å². The number of benzene rings is 2. The molecule has 0 aliphatic rings. The molecule has 2 aromatic carbocycles. The van der Waals surface area contributed by atoms with Gasteiger partial charge in [-0.15, -0.1) is 0 Å². The normalized spacial score (nSPS) is 11.6. The number of fused-ring (bicyclic) bond motifs is 2. The molecule has 2 nitrogen and oxygen atoms in total.